The largest absolute Gasteiger partial charge is 0.378 e. The van der Waals surface area contributed by atoms with Crippen molar-refractivity contribution in [2.24, 2.45) is 0 Å². The topological polar surface area (TPSA) is 84.8 Å². The first kappa shape index (κ1) is 21.5. The monoisotopic (exact) mass is 479 g/mol. The second kappa shape index (κ2) is 9.02. The lowest BCUT2D eigenvalue weighted by molar-refractivity contribution is 0.122. The molecule has 3 aliphatic rings. The quantitative estimate of drug-likeness (QED) is 0.452. The molecule has 1 aromatic carbocycles. The van der Waals surface area contributed by atoms with Crippen LogP contribution in [0.25, 0.3) is 34.3 Å². The molecule has 1 N–H and O–H groups in total. The maximum Gasteiger partial charge on any atom is 0.240 e. The van der Waals surface area contributed by atoms with Crippen LogP contribution in [-0.2, 0) is 11.2 Å². The SMILES string of the molecule is C1=CCc2c(nc(C3CCCC3)n2-c2nc(-c3cccc4[nH]ccc34)nc(N3CCOCC3)n2)C=C1. The summed E-state index contributed by atoms with van der Waals surface area (Å²) >= 11 is 0. The third kappa shape index (κ3) is 3.73. The summed E-state index contributed by atoms with van der Waals surface area (Å²) in [5.41, 5.74) is 4.23. The molecule has 0 unspecified atom stereocenters. The predicted octanol–water partition coefficient (Wildman–Crippen LogP) is 4.83. The number of benzene rings is 1. The van der Waals surface area contributed by atoms with Crippen molar-refractivity contribution >= 4 is 22.9 Å². The van der Waals surface area contributed by atoms with Gasteiger partial charge in [0.15, 0.2) is 5.82 Å². The minimum atomic E-state index is 0.425. The van der Waals surface area contributed by atoms with Crippen LogP contribution in [0.4, 0.5) is 5.95 Å². The molecule has 1 saturated heterocycles. The molecule has 0 radical (unpaired) electrons. The summed E-state index contributed by atoms with van der Waals surface area (Å²) in [6.07, 6.45) is 16.0. The highest BCUT2D eigenvalue weighted by Crippen LogP contribution is 2.37. The van der Waals surface area contributed by atoms with E-state index in [-0.39, 0.29) is 0 Å². The van der Waals surface area contributed by atoms with E-state index in [2.05, 4.69) is 63.0 Å². The standard InChI is InChI=1S/C28H29N7O/c1-2-10-23-24(12-3-1)35(26(30-23)19-7-4-5-8-19)28-32-25(21-9-6-11-22-20(21)13-14-29-22)31-27(33-28)34-15-17-36-18-16-34/h1-3,6,9-11,13-14,19,29H,4-5,7-8,12,15-18H2. The Kier molecular flexibility index (Phi) is 5.39. The van der Waals surface area contributed by atoms with Gasteiger partial charge in [-0.05, 0) is 31.1 Å². The smallest absolute Gasteiger partial charge is 0.240 e. The van der Waals surface area contributed by atoms with Gasteiger partial charge in [0.25, 0.3) is 0 Å². The lowest BCUT2D eigenvalue weighted by Gasteiger charge is -2.27. The van der Waals surface area contributed by atoms with Crippen molar-refractivity contribution in [3.8, 4) is 17.3 Å². The zero-order chi connectivity index (χ0) is 23.9. The number of allylic oxidation sites excluding steroid dienone is 3. The average molecular weight is 480 g/mol. The fourth-order valence-corrected chi connectivity index (χ4v) is 5.67. The Morgan fingerprint density at radius 1 is 0.917 bits per heavy atom. The fraction of sp³-hybridized carbons (Fsp3) is 0.357. The molecule has 1 saturated carbocycles. The normalized spacial score (nSPS) is 18.2. The number of rotatable bonds is 4. The number of ether oxygens (including phenoxy) is 1. The van der Waals surface area contributed by atoms with Crippen molar-refractivity contribution < 1.29 is 4.74 Å². The Bertz CT molecular complexity index is 1470. The van der Waals surface area contributed by atoms with E-state index in [0.717, 1.165) is 66.0 Å². The van der Waals surface area contributed by atoms with Gasteiger partial charge in [0.1, 0.15) is 5.82 Å². The highest BCUT2D eigenvalue weighted by molar-refractivity contribution is 5.93. The molecule has 8 heteroatoms. The van der Waals surface area contributed by atoms with E-state index in [1.54, 1.807) is 0 Å². The van der Waals surface area contributed by atoms with Crippen molar-refractivity contribution in [3.63, 3.8) is 0 Å². The minimum absolute atomic E-state index is 0.425. The van der Waals surface area contributed by atoms with E-state index >= 15 is 0 Å². The molecule has 0 amide bonds. The number of imidazole rings is 1. The Hall–Kier alpha value is -3.78. The zero-order valence-corrected chi connectivity index (χ0v) is 20.2. The van der Waals surface area contributed by atoms with E-state index in [4.69, 9.17) is 24.7 Å². The van der Waals surface area contributed by atoms with Crippen LogP contribution in [0.3, 0.4) is 0 Å². The molecule has 182 valence electrons. The third-order valence-corrected chi connectivity index (χ3v) is 7.50. The first-order valence-electron chi connectivity index (χ1n) is 13.0. The number of anilines is 1. The number of aromatic nitrogens is 6. The lowest BCUT2D eigenvalue weighted by Crippen LogP contribution is -2.37. The number of aromatic amines is 1. The van der Waals surface area contributed by atoms with Crippen LogP contribution >= 0.6 is 0 Å². The Labute approximate surface area is 209 Å². The van der Waals surface area contributed by atoms with Gasteiger partial charge in [-0.3, -0.25) is 4.57 Å². The summed E-state index contributed by atoms with van der Waals surface area (Å²) < 4.78 is 7.85. The molecule has 2 aliphatic carbocycles. The summed E-state index contributed by atoms with van der Waals surface area (Å²) in [5.74, 6) is 3.56. The van der Waals surface area contributed by atoms with E-state index in [9.17, 15) is 0 Å². The van der Waals surface area contributed by atoms with Crippen LogP contribution in [0.5, 0.6) is 0 Å². The highest BCUT2D eigenvalue weighted by Gasteiger charge is 2.29. The van der Waals surface area contributed by atoms with Crippen molar-refractivity contribution in [2.45, 2.75) is 38.0 Å². The molecule has 3 aromatic heterocycles. The van der Waals surface area contributed by atoms with Gasteiger partial charge in [-0.25, -0.2) is 4.98 Å². The first-order chi connectivity index (χ1) is 17.8. The van der Waals surface area contributed by atoms with Gasteiger partial charge in [0.05, 0.1) is 24.6 Å². The van der Waals surface area contributed by atoms with Gasteiger partial charge in [-0.1, -0.05) is 43.2 Å². The Balaban J connectivity index is 1.46. The van der Waals surface area contributed by atoms with E-state index in [1.807, 2.05) is 6.20 Å². The molecule has 4 heterocycles. The van der Waals surface area contributed by atoms with Gasteiger partial charge in [-0.15, -0.1) is 0 Å². The van der Waals surface area contributed by atoms with Crippen molar-refractivity contribution in [1.82, 2.24) is 29.5 Å². The summed E-state index contributed by atoms with van der Waals surface area (Å²) in [7, 11) is 0. The number of morpholine rings is 1. The van der Waals surface area contributed by atoms with Crippen LogP contribution in [0, 0.1) is 0 Å². The predicted molar refractivity (Wildman–Crippen MR) is 140 cm³/mol. The van der Waals surface area contributed by atoms with E-state index < -0.39 is 0 Å². The minimum Gasteiger partial charge on any atom is -0.378 e. The number of fused-ring (bicyclic) bond motifs is 2. The number of nitrogens with one attached hydrogen (secondary N) is 1. The molecule has 2 fully saturated rings. The van der Waals surface area contributed by atoms with Gasteiger partial charge in [-0.2, -0.15) is 15.0 Å². The van der Waals surface area contributed by atoms with Gasteiger partial charge < -0.3 is 14.6 Å². The Morgan fingerprint density at radius 3 is 2.67 bits per heavy atom. The molecule has 8 nitrogen and oxygen atoms in total. The van der Waals surface area contributed by atoms with Crippen LogP contribution in [0.15, 0.2) is 48.7 Å². The molecule has 7 rings (SSSR count). The summed E-state index contributed by atoms with van der Waals surface area (Å²) in [5, 5.41) is 1.11. The van der Waals surface area contributed by atoms with Crippen molar-refractivity contribution in [3.05, 3.63) is 65.9 Å². The maximum atomic E-state index is 5.61. The Morgan fingerprint density at radius 2 is 1.78 bits per heavy atom. The first-order valence-corrected chi connectivity index (χ1v) is 13.0. The molecular formula is C28H29N7O. The molecule has 4 aromatic rings. The van der Waals surface area contributed by atoms with Crippen LogP contribution in [0.1, 0.15) is 48.8 Å². The molecular weight excluding hydrogens is 450 g/mol. The van der Waals surface area contributed by atoms with E-state index in [0.29, 0.717) is 36.9 Å². The van der Waals surface area contributed by atoms with Gasteiger partial charge >= 0.3 is 0 Å². The van der Waals surface area contributed by atoms with E-state index in [1.165, 1.54) is 12.8 Å². The molecule has 0 spiro atoms. The summed E-state index contributed by atoms with van der Waals surface area (Å²) in [4.78, 5) is 25.9. The fourth-order valence-electron chi connectivity index (χ4n) is 5.67. The van der Waals surface area contributed by atoms with Crippen LogP contribution in [-0.4, -0.2) is 55.8 Å². The number of nitrogens with zero attached hydrogens (tertiary/aromatic N) is 6. The third-order valence-electron chi connectivity index (χ3n) is 7.50. The average Bonchev–Trinajstić information content (AvgIpc) is 3.66. The molecule has 0 bridgehead atoms. The van der Waals surface area contributed by atoms with Crippen LogP contribution in [0.2, 0.25) is 0 Å². The summed E-state index contributed by atoms with van der Waals surface area (Å²) in [6, 6.07) is 8.31. The number of H-pyrrole nitrogens is 1. The van der Waals surface area contributed by atoms with Gasteiger partial charge in [0, 0.05) is 48.1 Å². The van der Waals surface area contributed by atoms with Crippen LogP contribution < -0.4 is 4.90 Å². The zero-order valence-electron chi connectivity index (χ0n) is 20.2. The number of hydrogen-bond acceptors (Lipinski definition) is 6. The van der Waals surface area contributed by atoms with Crippen molar-refractivity contribution in [2.75, 3.05) is 31.2 Å². The van der Waals surface area contributed by atoms with Gasteiger partial charge in [0.2, 0.25) is 11.9 Å². The maximum absolute atomic E-state index is 5.61. The highest BCUT2D eigenvalue weighted by atomic mass is 16.5. The molecule has 0 atom stereocenters. The summed E-state index contributed by atoms with van der Waals surface area (Å²) in [6.45, 7) is 2.88. The second-order valence-corrected chi connectivity index (χ2v) is 9.71. The number of hydrogen-bond donors (Lipinski definition) is 1. The second-order valence-electron chi connectivity index (χ2n) is 9.71. The molecule has 1 aliphatic heterocycles. The molecule has 36 heavy (non-hydrogen) atoms. The van der Waals surface area contributed by atoms with Crippen molar-refractivity contribution in [1.29, 1.82) is 0 Å². The lowest BCUT2D eigenvalue weighted by atomic mass is 10.1.